The lowest BCUT2D eigenvalue weighted by Gasteiger charge is -2.15. The summed E-state index contributed by atoms with van der Waals surface area (Å²) in [5, 5.41) is 5.53. The summed E-state index contributed by atoms with van der Waals surface area (Å²) >= 11 is 2.24. The highest BCUT2D eigenvalue weighted by molar-refractivity contribution is 14.1. The van der Waals surface area contributed by atoms with Crippen molar-refractivity contribution in [3.8, 4) is 0 Å². The molecular formula is C22H27IN2O2. The molecule has 0 unspecified atom stereocenters. The van der Waals surface area contributed by atoms with E-state index >= 15 is 0 Å². The van der Waals surface area contributed by atoms with E-state index in [-0.39, 0.29) is 0 Å². The fraction of sp³-hybridized carbons (Fsp3) is 0.364. The Morgan fingerprint density at radius 2 is 1.22 bits per heavy atom. The van der Waals surface area contributed by atoms with Gasteiger partial charge in [-0.25, -0.2) is 0 Å². The van der Waals surface area contributed by atoms with E-state index in [0.717, 1.165) is 45.1 Å². The molecule has 144 valence electrons. The average Bonchev–Trinajstić information content (AvgIpc) is 2.58. The number of benzene rings is 2. The summed E-state index contributed by atoms with van der Waals surface area (Å²) in [6.07, 6.45) is 3.31. The number of anilines is 2. The van der Waals surface area contributed by atoms with Crippen LogP contribution in [0.3, 0.4) is 0 Å². The molecule has 0 fully saturated rings. The second kappa shape index (κ2) is 9.35. The van der Waals surface area contributed by atoms with Crippen molar-refractivity contribution in [1.29, 1.82) is 0 Å². The normalized spacial score (nSPS) is 10.6. The minimum absolute atomic E-state index is 0.653. The van der Waals surface area contributed by atoms with Gasteiger partial charge in [0.05, 0.1) is 0 Å². The van der Waals surface area contributed by atoms with Crippen LogP contribution in [0.2, 0.25) is 0 Å². The minimum Gasteiger partial charge on any atom is -0.317 e. The van der Waals surface area contributed by atoms with Gasteiger partial charge in [0, 0.05) is 14.9 Å². The maximum absolute atomic E-state index is 12.4. The largest absolute Gasteiger partial charge is 0.317 e. The Morgan fingerprint density at radius 1 is 0.815 bits per heavy atom. The smallest absolute Gasteiger partial charge is 0.314 e. The first-order valence-corrected chi connectivity index (χ1v) is 10.3. The van der Waals surface area contributed by atoms with E-state index in [4.69, 9.17) is 0 Å². The fourth-order valence-electron chi connectivity index (χ4n) is 3.22. The summed E-state index contributed by atoms with van der Waals surface area (Å²) in [7, 11) is 0. The number of halogens is 1. The molecule has 4 nitrogen and oxygen atoms in total. The van der Waals surface area contributed by atoms with Gasteiger partial charge in [0.1, 0.15) is 0 Å². The van der Waals surface area contributed by atoms with E-state index in [1.54, 1.807) is 0 Å². The molecule has 0 atom stereocenters. The molecule has 0 heterocycles. The van der Waals surface area contributed by atoms with Gasteiger partial charge in [0.2, 0.25) is 0 Å². The Morgan fingerprint density at radius 3 is 1.63 bits per heavy atom. The lowest BCUT2D eigenvalue weighted by molar-refractivity contribution is -0.133. The molecule has 0 aliphatic heterocycles. The van der Waals surface area contributed by atoms with Gasteiger partial charge in [-0.1, -0.05) is 25.5 Å². The van der Waals surface area contributed by atoms with Crippen LogP contribution in [0, 0.1) is 31.3 Å². The standard InChI is InChI=1S/C22H27IN2O2/c1-6-7-8-17-9-13(2)19(14(3)10-17)24-21(26)22(27)25-20-15(4)11-18(23)12-16(20)5/h9-12H,6-8H2,1-5H3,(H,24,26)(H,25,27). The van der Waals surface area contributed by atoms with Gasteiger partial charge in [0.25, 0.3) is 0 Å². The third-order valence-electron chi connectivity index (χ3n) is 4.59. The van der Waals surface area contributed by atoms with Crippen LogP contribution in [0.1, 0.15) is 47.6 Å². The van der Waals surface area contributed by atoms with Crippen LogP contribution < -0.4 is 10.6 Å². The van der Waals surface area contributed by atoms with Crippen molar-refractivity contribution in [3.05, 3.63) is 55.7 Å². The number of carbonyl (C=O) groups is 2. The Kier molecular flexibility index (Phi) is 7.41. The van der Waals surface area contributed by atoms with Crippen molar-refractivity contribution < 1.29 is 9.59 Å². The summed E-state index contributed by atoms with van der Waals surface area (Å²) in [5.74, 6) is -1.31. The van der Waals surface area contributed by atoms with Crippen LogP contribution >= 0.6 is 22.6 Å². The van der Waals surface area contributed by atoms with Crippen LogP contribution in [0.15, 0.2) is 24.3 Å². The molecular weight excluding hydrogens is 451 g/mol. The summed E-state index contributed by atoms with van der Waals surface area (Å²) in [4.78, 5) is 24.9. The molecule has 0 bridgehead atoms. The van der Waals surface area contributed by atoms with Gasteiger partial charge in [0.15, 0.2) is 0 Å². The van der Waals surface area contributed by atoms with Crippen molar-refractivity contribution >= 4 is 45.8 Å². The molecule has 0 aliphatic rings. The van der Waals surface area contributed by atoms with E-state index in [9.17, 15) is 9.59 Å². The van der Waals surface area contributed by atoms with Crippen LogP contribution in [0.4, 0.5) is 11.4 Å². The van der Waals surface area contributed by atoms with Crippen LogP contribution in [0.5, 0.6) is 0 Å². The molecule has 5 heteroatoms. The van der Waals surface area contributed by atoms with Crippen LogP contribution in [0.25, 0.3) is 0 Å². The van der Waals surface area contributed by atoms with Gasteiger partial charge in [-0.3, -0.25) is 9.59 Å². The molecule has 2 rings (SSSR count). The SMILES string of the molecule is CCCCc1cc(C)c(NC(=O)C(=O)Nc2c(C)cc(I)cc2C)c(C)c1. The quantitative estimate of drug-likeness (QED) is 0.444. The highest BCUT2D eigenvalue weighted by Gasteiger charge is 2.18. The van der Waals surface area contributed by atoms with Crippen molar-refractivity contribution in [2.24, 2.45) is 0 Å². The molecule has 27 heavy (non-hydrogen) atoms. The highest BCUT2D eigenvalue weighted by Crippen LogP contribution is 2.25. The van der Waals surface area contributed by atoms with Gasteiger partial charge < -0.3 is 10.6 Å². The first-order valence-electron chi connectivity index (χ1n) is 9.22. The number of aryl methyl sites for hydroxylation is 5. The van der Waals surface area contributed by atoms with Gasteiger partial charge >= 0.3 is 11.8 Å². The fourth-order valence-corrected chi connectivity index (χ4v) is 4.16. The molecule has 2 N–H and O–H groups in total. The van der Waals surface area contributed by atoms with Crippen molar-refractivity contribution in [3.63, 3.8) is 0 Å². The van der Waals surface area contributed by atoms with Crippen LogP contribution in [-0.4, -0.2) is 11.8 Å². The first-order chi connectivity index (χ1) is 12.7. The number of rotatable bonds is 5. The van der Waals surface area contributed by atoms with E-state index < -0.39 is 11.8 Å². The topological polar surface area (TPSA) is 58.2 Å². The maximum atomic E-state index is 12.4. The van der Waals surface area contributed by atoms with Crippen molar-refractivity contribution in [2.75, 3.05) is 10.6 Å². The molecule has 0 saturated carbocycles. The van der Waals surface area contributed by atoms with Gasteiger partial charge in [-0.2, -0.15) is 0 Å². The van der Waals surface area contributed by atoms with E-state index in [2.05, 4.69) is 52.3 Å². The molecule has 2 aromatic carbocycles. The number of hydrogen-bond acceptors (Lipinski definition) is 2. The van der Waals surface area contributed by atoms with Gasteiger partial charge in [-0.05, 0) is 103 Å². The van der Waals surface area contributed by atoms with E-state index in [1.165, 1.54) is 5.56 Å². The van der Waals surface area contributed by atoms with Crippen LogP contribution in [-0.2, 0) is 16.0 Å². The predicted molar refractivity (Wildman–Crippen MR) is 120 cm³/mol. The summed E-state index contributed by atoms with van der Waals surface area (Å²) in [6.45, 7) is 9.94. The summed E-state index contributed by atoms with van der Waals surface area (Å²) < 4.78 is 1.10. The Bertz CT molecular complexity index is 829. The van der Waals surface area contributed by atoms with Crippen molar-refractivity contribution in [1.82, 2.24) is 0 Å². The number of nitrogens with one attached hydrogen (secondary N) is 2. The lowest BCUT2D eigenvalue weighted by Crippen LogP contribution is -2.30. The third-order valence-corrected chi connectivity index (χ3v) is 5.22. The minimum atomic E-state index is -0.656. The Labute approximate surface area is 175 Å². The molecule has 0 aliphatic carbocycles. The molecule has 0 radical (unpaired) electrons. The third kappa shape index (κ3) is 5.54. The van der Waals surface area contributed by atoms with E-state index in [1.807, 2.05) is 39.8 Å². The second-order valence-electron chi connectivity index (χ2n) is 7.03. The average molecular weight is 478 g/mol. The molecule has 2 aromatic rings. The zero-order chi connectivity index (χ0) is 20.1. The second-order valence-corrected chi connectivity index (χ2v) is 8.28. The zero-order valence-electron chi connectivity index (χ0n) is 16.6. The molecule has 2 amide bonds. The van der Waals surface area contributed by atoms with Gasteiger partial charge in [-0.15, -0.1) is 0 Å². The number of unbranched alkanes of at least 4 members (excludes halogenated alkanes) is 1. The number of hydrogen-bond donors (Lipinski definition) is 2. The summed E-state index contributed by atoms with van der Waals surface area (Å²) in [6, 6.07) is 8.13. The Balaban J connectivity index is 2.14. The number of amides is 2. The number of carbonyl (C=O) groups excluding carboxylic acids is 2. The van der Waals surface area contributed by atoms with E-state index in [0.29, 0.717) is 11.4 Å². The summed E-state index contributed by atoms with van der Waals surface area (Å²) in [5.41, 5.74) is 6.50. The lowest BCUT2D eigenvalue weighted by atomic mass is 10.0. The Hall–Kier alpha value is -1.89. The first kappa shape index (κ1) is 21.4. The molecule has 0 saturated heterocycles. The monoisotopic (exact) mass is 478 g/mol. The van der Waals surface area contributed by atoms with Crippen molar-refractivity contribution in [2.45, 2.75) is 53.9 Å². The highest BCUT2D eigenvalue weighted by atomic mass is 127. The predicted octanol–water partition coefficient (Wildman–Crippen LogP) is 5.44. The molecule has 0 spiro atoms. The maximum Gasteiger partial charge on any atom is 0.314 e. The zero-order valence-corrected chi connectivity index (χ0v) is 18.8. The molecule has 0 aromatic heterocycles.